The molecule has 1 aromatic heterocycles. The Balaban J connectivity index is 2.26. The number of rotatable bonds is 3. The van der Waals surface area contributed by atoms with Crippen molar-refractivity contribution in [3.8, 4) is 5.75 Å². The van der Waals surface area contributed by atoms with Crippen molar-refractivity contribution < 1.29 is 19.1 Å². The van der Waals surface area contributed by atoms with E-state index in [-0.39, 0.29) is 10.6 Å². The SMILES string of the molecule is COC(=O)c1scc(Br)c1OC(=O)c1ccc(Cl)cc1. The second kappa shape index (κ2) is 6.39. The van der Waals surface area contributed by atoms with Crippen molar-refractivity contribution in [2.75, 3.05) is 7.11 Å². The van der Waals surface area contributed by atoms with E-state index in [1.807, 2.05) is 0 Å². The third-order valence-electron chi connectivity index (χ3n) is 2.35. The maximum absolute atomic E-state index is 12.0. The van der Waals surface area contributed by atoms with E-state index in [1.54, 1.807) is 29.6 Å². The number of hydrogen-bond donors (Lipinski definition) is 0. The van der Waals surface area contributed by atoms with Crippen LogP contribution in [0.25, 0.3) is 0 Å². The zero-order valence-corrected chi connectivity index (χ0v) is 13.3. The molecule has 0 bridgehead atoms. The van der Waals surface area contributed by atoms with E-state index < -0.39 is 11.9 Å². The third-order valence-corrected chi connectivity index (χ3v) is 4.43. The van der Waals surface area contributed by atoms with E-state index in [9.17, 15) is 9.59 Å². The Labute approximate surface area is 132 Å². The second-order valence-corrected chi connectivity index (χ2v) is 5.80. The number of hydrogen-bond acceptors (Lipinski definition) is 5. The van der Waals surface area contributed by atoms with Crippen LogP contribution in [0.4, 0.5) is 0 Å². The molecule has 0 spiro atoms. The molecule has 0 saturated carbocycles. The van der Waals surface area contributed by atoms with E-state index in [4.69, 9.17) is 16.3 Å². The average Bonchev–Trinajstić information content (AvgIpc) is 2.80. The third kappa shape index (κ3) is 3.20. The highest BCUT2D eigenvalue weighted by Crippen LogP contribution is 2.36. The summed E-state index contributed by atoms with van der Waals surface area (Å²) in [6.45, 7) is 0. The standard InChI is InChI=1S/C13H8BrClO4S/c1-18-13(17)11-10(9(14)6-20-11)19-12(16)7-2-4-8(15)5-3-7/h2-6H,1H3. The van der Waals surface area contributed by atoms with Crippen LogP contribution >= 0.6 is 38.9 Å². The van der Waals surface area contributed by atoms with Crippen LogP contribution in [0.2, 0.25) is 5.02 Å². The minimum absolute atomic E-state index is 0.154. The van der Waals surface area contributed by atoms with E-state index in [2.05, 4.69) is 20.7 Å². The Kier molecular flexibility index (Phi) is 4.80. The highest BCUT2D eigenvalue weighted by molar-refractivity contribution is 9.10. The van der Waals surface area contributed by atoms with E-state index >= 15 is 0 Å². The van der Waals surface area contributed by atoms with Crippen LogP contribution in [0, 0.1) is 0 Å². The molecule has 0 radical (unpaired) electrons. The van der Waals surface area contributed by atoms with Crippen LogP contribution in [0.1, 0.15) is 20.0 Å². The molecule has 0 N–H and O–H groups in total. The molecule has 2 rings (SSSR count). The Hall–Kier alpha value is -1.37. The molecule has 4 nitrogen and oxygen atoms in total. The van der Waals surface area contributed by atoms with Crippen LogP contribution in [0.5, 0.6) is 5.75 Å². The number of methoxy groups -OCH3 is 1. The first kappa shape index (κ1) is 15.0. The predicted octanol–water partition coefficient (Wildman–Crippen LogP) is 4.17. The first-order chi connectivity index (χ1) is 9.52. The molecule has 1 aromatic carbocycles. The molecule has 0 aliphatic carbocycles. The number of halogens is 2. The molecular formula is C13H8BrClO4S. The number of carbonyl (C=O) groups is 2. The minimum Gasteiger partial charge on any atom is -0.465 e. The molecule has 104 valence electrons. The molecule has 1 heterocycles. The Bertz CT molecular complexity index is 651. The smallest absolute Gasteiger partial charge is 0.351 e. The number of thiophene rings is 1. The van der Waals surface area contributed by atoms with Gasteiger partial charge in [-0.2, -0.15) is 0 Å². The summed E-state index contributed by atoms with van der Waals surface area (Å²) < 4.78 is 10.4. The number of ether oxygens (including phenoxy) is 2. The van der Waals surface area contributed by atoms with Gasteiger partial charge in [-0.25, -0.2) is 9.59 Å². The van der Waals surface area contributed by atoms with Gasteiger partial charge in [0.25, 0.3) is 0 Å². The van der Waals surface area contributed by atoms with E-state index in [1.165, 1.54) is 7.11 Å². The lowest BCUT2D eigenvalue weighted by molar-refractivity contribution is 0.0599. The Morgan fingerprint density at radius 3 is 2.45 bits per heavy atom. The molecule has 0 amide bonds. The van der Waals surface area contributed by atoms with Gasteiger partial charge in [-0.05, 0) is 40.2 Å². The lowest BCUT2D eigenvalue weighted by Gasteiger charge is -2.05. The highest BCUT2D eigenvalue weighted by atomic mass is 79.9. The van der Waals surface area contributed by atoms with Gasteiger partial charge < -0.3 is 9.47 Å². The van der Waals surface area contributed by atoms with Crippen LogP contribution in [0.15, 0.2) is 34.1 Å². The first-order valence-corrected chi connectivity index (χ1v) is 7.41. The van der Waals surface area contributed by atoms with Crippen molar-refractivity contribution >= 4 is 50.8 Å². The summed E-state index contributed by atoms with van der Waals surface area (Å²) in [7, 11) is 1.26. The zero-order valence-electron chi connectivity index (χ0n) is 10.2. The number of carbonyl (C=O) groups excluding carboxylic acids is 2. The minimum atomic E-state index is -0.578. The van der Waals surface area contributed by atoms with Crippen molar-refractivity contribution in [2.24, 2.45) is 0 Å². The van der Waals surface area contributed by atoms with Gasteiger partial charge in [0.2, 0.25) is 0 Å². The molecule has 2 aromatic rings. The molecule has 0 saturated heterocycles. The summed E-state index contributed by atoms with van der Waals surface area (Å²) in [5, 5.41) is 2.17. The van der Waals surface area contributed by atoms with Crippen molar-refractivity contribution in [1.82, 2.24) is 0 Å². The Morgan fingerprint density at radius 1 is 1.20 bits per heavy atom. The number of esters is 2. The molecule has 0 atom stereocenters. The van der Waals surface area contributed by atoms with Gasteiger partial charge >= 0.3 is 11.9 Å². The van der Waals surface area contributed by atoms with E-state index in [0.717, 1.165) is 11.3 Å². The fraction of sp³-hybridized carbons (Fsp3) is 0.0769. The fourth-order valence-corrected chi connectivity index (χ4v) is 2.98. The predicted molar refractivity (Wildman–Crippen MR) is 79.8 cm³/mol. The van der Waals surface area contributed by atoms with Crippen LogP contribution in [0.3, 0.4) is 0 Å². The summed E-state index contributed by atoms with van der Waals surface area (Å²) in [6.07, 6.45) is 0. The molecule has 0 aliphatic rings. The van der Waals surface area contributed by atoms with Gasteiger partial charge in [-0.1, -0.05) is 11.6 Å². The topological polar surface area (TPSA) is 52.6 Å². The lowest BCUT2D eigenvalue weighted by Crippen LogP contribution is -2.11. The fourth-order valence-electron chi connectivity index (χ4n) is 1.39. The quantitative estimate of drug-likeness (QED) is 0.756. The van der Waals surface area contributed by atoms with Crippen LogP contribution in [-0.2, 0) is 4.74 Å². The van der Waals surface area contributed by atoms with Crippen LogP contribution in [-0.4, -0.2) is 19.0 Å². The van der Waals surface area contributed by atoms with Gasteiger partial charge in [0.15, 0.2) is 10.6 Å². The Morgan fingerprint density at radius 2 is 1.85 bits per heavy atom. The monoisotopic (exact) mass is 374 g/mol. The summed E-state index contributed by atoms with van der Waals surface area (Å²) in [5.41, 5.74) is 0.336. The van der Waals surface area contributed by atoms with Gasteiger partial charge in [-0.3, -0.25) is 0 Å². The summed E-state index contributed by atoms with van der Waals surface area (Å²) >= 11 is 10.1. The first-order valence-electron chi connectivity index (χ1n) is 5.36. The van der Waals surface area contributed by atoms with Gasteiger partial charge in [0, 0.05) is 10.4 Å². The van der Waals surface area contributed by atoms with Gasteiger partial charge in [0.1, 0.15) is 0 Å². The van der Waals surface area contributed by atoms with E-state index in [0.29, 0.717) is 15.1 Å². The average molecular weight is 376 g/mol. The molecule has 0 unspecified atom stereocenters. The normalized spacial score (nSPS) is 10.2. The lowest BCUT2D eigenvalue weighted by atomic mass is 10.2. The van der Waals surface area contributed by atoms with Crippen molar-refractivity contribution in [3.63, 3.8) is 0 Å². The highest BCUT2D eigenvalue weighted by Gasteiger charge is 2.22. The molecule has 0 fully saturated rings. The largest absolute Gasteiger partial charge is 0.465 e. The second-order valence-electron chi connectivity index (χ2n) is 3.63. The molecule has 0 aliphatic heterocycles. The van der Waals surface area contributed by atoms with Crippen molar-refractivity contribution in [2.45, 2.75) is 0 Å². The van der Waals surface area contributed by atoms with Gasteiger partial charge in [-0.15, -0.1) is 11.3 Å². The van der Waals surface area contributed by atoms with Crippen molar-refractivity contribution in [3.05, 3.63) is 49.6 Å². The van der Waals surface area contributed by atoms with Gasteiger partial charge in [0.05, 0.1) is 17.1 Å². The summed E-state index contributed by atoms with van der Waals surface area (Å²) in [6, 6.07) is 6.26. The number of benzene rings is 1. The molecule has 20 heavy (non-hydrogen) atoms. The summed E-state index contributed by atoms with van der Waals surface area (Å²) in [5.74, 6) is -0.979. The maximum atomic E-state index is 12.0. The molecular weight excluding hydrogens is 368 g/mol. The van der Waals surface area contributed by atoms with Crippen LogP contribution < -0.4 is 4.74 Å². The maximum Gasteiger partial charge on any atom is 0.351 e. The molecule has 7 heteroatoms. The van der Waals surface area contributed by atoms with Crippen molar-refractivity contribution in [1.29, 1.82) is 0 Å². The zero-order chi connectivity index (χ0) is 14.7. The summed E-state index contributed by atoms with van der Waals surface area (Å²) in [4.78, 5) is 23.8.